The number of nitriles is 1. The Morgan fingerprint density at radius 3 is 3.00 bits per heavy atom. The fraction of sp³-hybridized carbons (Fsp3) is 0. The van der Waals surface area contributed by atoms with E-state index in [-0.39, 0.29) is 11.1 Å². The molecule has 0 aromatic carbocycles. The smallest absolute Gasteiger partial charge is 0.265 e. The lowest BCUT2D eigenvalue weighted by molar-refractivity contribution is 1.22. The summed E-state index contributed by atoms with van der Waals surface area (Å²) in [5, 5.41) is 10.6. The summed E-state index contributed by atoms with van der Waals surface area (Å²) < 4.78 is 0. The van der Waals surface area contributed by atoms with Crippen LogP contribution in [0.15, 0.2) is 34.6 Å². The van der Waals surface area contributed by atoms with Crippen molar-refractivity contribution in [3.63, 3.8) is 0 Å². The first-order chi connectivity index (χ1) is 6.81. The summed E-state index contributed by atoms with van der Waals surface area (Å²) in [4.78, 5) is 14.7. The molecule has 2 rings (SSSR count). The van der Waals surface area contributed by atoms with Crippen LogP contribution >= 0.6 is 11.3 Å². The van der Waals surface area contributed by atoms with Crippen LogP contribution < -0.4 is 5.56 Å². The summed E-state index contributed by atoms with van der Waals surface area (Å²) >= 11 is 1.57. The number of nitrogens with one attached hydrogen (secondary N) is 1. The van der Waals surface area contributed by atoms with Gasteiger partial charge in [0, 0.05) is 16.6 Å². The van der Waals surface area contributed by atoms with Crippen LogP contribution in [0.4, 0.5) is 0 Å². The molecule has 0 spiro atoms. The number of aromatic nitrogens is 1. The van der Waals surface area contributed by atoms with Gasteiger partial charge >= 0.3 is 0 Å². The van der Waals surface area contributed by atoms with Crippen molar-refractivity contribution in [3.05, 3.63) is 45.7 Å². The highest BCUT2D eigenvalue weighted by Crippen LogP contribution is 2.23. The molecule has 0 aliphatic heterocycles. The summed E-state index contributed by atoms with van der Waals surface area (Å²) in [6, 6.07) is 7.33. The summed E-state index contributed by atoms with van der Waals surface area (Å²) in [5.74, 6) is 0. The predicted octanol–water partition coefficient (Wildman–Crippen LogP) is 1.98. The zero-order chi connectivity index (χ0) is 9.97. The lowest BCUT2D eigenvalue weighted by Gasteiger charge is -1.96. The molecule has 0 aliphatic rings. The van der Waals surface area contributed by atoms with E-state index in [4.69, 9.17) is 5.26 Å². The van der Waals surface area contributed by atoms with Gasteiger partial charge in [0.15, 0.2) is 0 Å². The Labute approximate surface area is 84.3 Å². The van der Waals surface area contributed by atoms with E-state index >= 15 is 0 Å². The van der Waals surface area contributed by atoms with Crippen LogP contribution in [0.25, 0.3) is 10.4 Å². The van der Waals surface area contributed by atoms with Crippen LogP contribution in [-0.4, -0.2) is 4.98 Å². The van der Waals surface area contributed by atoms with Crippen molar-refractivity contribution in [2.45, 2.75) is 0 Å². The van der Waals surface area contributed by atoms with Crippen molar-refractivity contribution < 1.29 is 0 Å². The lowest BCUT2D eigenvalue weighted by atomic mass is 10.2. The van der Waals surface area contributed by atoms with Gasteiger partial charge in [0.2, 0.25) is 0 Å². The number of aromatic amines is 1. The summed E-state index contributed by atoms with van der Waals surface area (Å²) in [6.45, 7) is 0. The van der Waals surface area contributed by atoms with E-state index in [2.05, 4.69) is 4.98 Å². The van der Waals surface area contributed by atoms with E-state index in [0.717, 1.165) is 10.4 Å². The molecule has 0 unspecified atom stereocenters. The van der Waals surface area contributed by atoms with Crippen LogP contribution in [0.5, 0.6) is 0 Å². The van der Waals surface area contributed by atoms with Crippen molar-refractivity contribution in [3.8, 4) is 16.5 Å². The van der Waals surface area contributed by atoms with Crippen molar-refractivity contribution >= 4 is 11.3 Å². The number of rotatable bonds is 1. The Morgan fingerprint density at radius 1 is 1.50 bits per heavy atom. The number of thiophene rings is 1. The number of nitrogens with zero attached hydrogens (tertiary/aromatic N) is 1. The van der Waals surface area contributed by atoms with E-state index in [1.54, 1.807) is 23.6 Å². The lowest BCUT2D eigenvalue weighted by Crippen LogP contribution is -2.08. The highest BCUT2D eigenvalue weighted by atomic mass is 32.1. The van der Waals surface area contributed by atoms with E-state index in [9.17, 15) is 4.79 Å². The van der Waals surface area contributed by atoms with Gasteiger partial charge in [-0.1, -0.05) is 6.07 Å². The zero-order valence-corrected chi connectivity index (χ0v) is 7.97. The molecule has 0 saturated carbocycles. The Bertz CT molecular complexity index is 534. The van der Waals surface area contributed by atoms with Gasteiger partial charge in [0.1, 0.15) is 11.6 Å². The molecule has 14 heavy (non-hydrogen) atoms. The number of hydrogen-bond donors (Lipinski definition) is 1. The number of hydrogen-bond acceptors (Lipinski definition) is 3. The third-order valence-corrected chi connectivity index (χ3v) is 2.75. The molecular formula is C10H6N2OS. The van der Waals surface area contributed by atoms with E-state index < -0.39 is 0 Å². The molecule has 1 N–H and O–H groups in total. The molecule has 2 heterocycles. The number of H-pyrrole nitrogens is 1. The first-order valence-corrected chi connectivity index (χ1v) is 4.86. The predicted molar refractivity (Wildman–Crippen MR) is 55.1 cm³/mol. The minimum absolute atomic E-state index is 0.149. The average Bonchev–Trinajstić information content (AvgIpc) is 2.71. The standard InChI is InChI=1S/C10H6N2OS/c11-5-7-4-8(6-12-10(7)13)9-2-1-3-14-9/h1-4,6H,(H,12,13). The summed E-state index contributed by atoms with van der Waals surface area (Å²) in [7, 11) is 0. The van der Waals surface area contributed by atoms with Gasteiger partial charge in [-0.25, -0.2) is 0 Å². The van der Waals surface area contributed by atoms with Crippen molar-refractivity contribution in [1.82, 2.24) is 4.98 Å². The summed E-state index contributed by atoms with van der Waals surface area (Å²) in [5.41, 5.74) is 0.680. The van der Waals surface area contributed by atoms with Gasteiger partial charge in [0.05, 0.1) is 0 Å². The highest BCUT2D eigenvalue weighted by molar-refractivity contribution is 7.13. The van der Waals surface area contributed by atoms with Crippen LogP contribution in [0.1, 0.15) is 5.56 Å². The molecule has 0 saturated heterocycles. The van der Waals surface area contributed by atoms with Crippen LogP contribution in [0, 0.1) is 11.3 Å². The fourth-order valence-electron chi connectivity index (χ4n) is 1.15. The van der Waals surface area contributed by atoms with E-state index in [0.29, 0.717) is 0 Å². The van der Waals surface area contributed by atoms with Crippen molar-refractivity contribution in [2.24, 2.45) is 0 Å². The first kappa shape index (κ1) is 8.73. The minimum atomic E-state index is -0.340. The van der Waals surface area contributed by atoms with Gasteiger partial charge in [-0.3, -0.25) is 4.79 Å². The maximum absolute atomic E-state index is 11.1. The highest BCUT2D eigenvalue weighted by Gasteiger charge is 2.02. The van der Waals surface area contributed by atoms with Gasteiger partial charge in [0.25, 0.3) is 5.56 Å². The second kappa shape index (κ2) is 3.48. The average molecular weight is 202 g/mol. The third kappa shape index (κ3) is 1.45. The summed E-state index contributed by atoms with van der Waals surface area (Å²) in [6.07, 6.45) is 1.62. The first-order valence-electron chi connectivity index (χ1n) is 3.98. The fourth-order valence-corrected chi connectivity index (χ4v) is 1.87. The molecule has 3 nitrogen and oxygen atoms in total. The Kier molecular flexibility index (Phi) is 2.17. The molecule has 4 heteroatoms. The maximum Gasteiger partial charge on any atom is 0.265 e. The molecule has 0 amide bonds. The molecule has 0 aliphatic carbocycles. The SMILES string of the molecule is N#Cc1cc(-c2cccs2)c[nH]c1=O. The monoisotopic (exact) mass is 202 g/mol. The van der Waals surface area contributed by atoms with Gasteiger partial charge in [-0.05, 0) is 17.5 Å². The molecule has 2 aromatic rings. The van der Waals surface area contributed by atoms with Crippen molar-refractivity contribution in [2.75, 3.05) is 0 Å². The van der Waals surface area contributed by atoms with Crippen LogP contribution in [0.2, 0.25) is 0 Å². The van der Waals surface area contributed by atoms with Crippen molar-refractivity contribution in [1.29, 1.82) is 5.26 Å². The molecule has 0 atom stereocenters. The Balaban J connectivity index is 2.59. The van der Waals surface area contributed by atoms with Gasteiger partial charge in [-0.2, -0.15) is 5.26 Å². The second-order valence-electron chi connectivity index (χ2n) is 2.72. The number of pyridine rings is 1. The van der Waals surface area contributed by atoms with Crippen LogP contribution in [0.3, 0.4) is 0 Å². The quantitative estimate of drug-likeness (QED) is 0.768. The maximum atomic E-state index is 11.1. The topological polar surface area (TPSA) is 56.6 Å². The second-order valence-corrected chi connectivity index (χ2v) is 3.67. The Hall–Kier alpha value is -1.86. The van der Waals surface area contributed by atoms with Gasteiger partial charge in [-0.15, -0.1) is 11.3 Å². The molecule has 0 radical (unpaired) electrons. The largest absolute Gasteiger partial charge is 0.327 e. The molecule has 0 fully saturated rings. The molecular weight excluding hydrogens is 196 g/mol. The zero-order valence-electron chi connectivity index (χ0n) is 7.15. The van der Waals surface area contributed by atoms with Gasteiger partial charge < -0.3 is 4.98 Å². The third-order valence-electron chi connectivity index (χ3n) is 1.83. The van der Waals surface area contributed by atoms with E-state index in [1.165, 1.54) is 0 Å². The Morgan fingerprint density at radius 2 is 2.36 bits per heavy atom. The molecule has 68 valence electrons. The van der Waals surface area contributed by atoms with E-state index in [1.807, 2.05) is 23.6 Å². The molecule has 0 bridgehead atoms. The minimum Gasteiger partial charge on any atom is -0.327 e. The normalized spacial score (nSPS) is 9.64. The molecule has 2 aromatic heterocycles. The van der Waals surface area contributed by atoms with Crippen LogP contribution in [-0.2, 0) is 0 Å².